The number of anilines is 2. The van der Waals surface area contributed by atoms with Gasteiger partial charge in [0.1, 0.15) is 11.2 Å². The molecule has 0 aliphatic heterocycles. The molecule has 6 N–H and O–H groups in total. The summed E-state index contributed by atoms with van der Waals surface area (Å²) in [6, 6.07) is 5.47. The van der Waals surface area contributed by atoms with Crippen LogP contribution in [-0.4, -0.2) is 20.2 Å². The predicted octanol–water partition coefficient (Wildman–Crippen LogP) is 3.25. The first kappa shape index (κ1) is 21.1. The monoisotopic (exact) mass is 372 g/mol. The maximum atomic E-state index is 10.8. The van der Waals surface area contributed by atoms with E-state index >= 15 is 0 Å². The van der Waals surface area contributed by atoms with Crippen LogP contribution in [0.1, 0.15) is 76.0 Å². The molecule has 0 aliphatic carbocycles. The minimum absolute atomic E-state index is 0.480. The molecule has 0 radical (unpaired) electrons. The van der Waals surface area contributed by atoms with E-state index in [0.29, 0.717) is 54.9 Å². The van der Waals surface area contributed by atoms with Crippen molar-refractivity contribution in [3.63, 3.8) is 0 Å². The van der Waals surface area contributed by atoms with Crippen LogP contribution in [0.2, 0.25) is 0 Å². The second-order valence-corrected chi connectivity index (χ2v) is 7.18. The average Bonchev–Trinajstić information content (AvgIpc) is 2.68. The fourth-order valence-corrected chi connectivity index (χ4v) is 3.37. The first-order valence-electron chi connectivity index (χ1n) is 9.68. The third-order valence-corrected chi connectivity index (χ3v) is 5.56. The third kappa shape index (κ3) is 4.22. The Morgan fingerprint density at radius 2 is 1.41 bits per heavy atom. The summed E-state index contributed by atoms with van der Waals surface area (Å²) in [4.78, 5) is 9.05. The lowest BCUT2D eigenvalue weighted by Crippen LogP contribution is -2.27. The van der Waals surface area contributed by atoms with E-state index in [1.165, 1.54) is 0 Å². The van der Waals surface area contributed by atoms with Crippen LogP contribution < -0.4 is 11.5 Å². The summed E-state index contributed by atoms with van der Waals surface area (Å²) in [6.45, 7) is 7.67. The Balaban J connectivity index is 2.34. The van der Waals surface area contributed by atoms with Crippen LogP contribution in [0.5, 0.6) is 0 Å². The van der Waals surface area contributed by atoms with Gasteiger partial charge in [-0.2, -0.15) is 0 Å². The van der Waals surface area contributed by atoms with Crippen molar-refractivity contribution in [2.75, 3.05) is 11.5 Å². The van der Waals surface area contributed by atoms with E-state index < -0.39 is 11.2 Å². The van der Waals surface area contributed by atoms with Gasteiger partial charge in [0.05, 0.1) is 22.8 Å². The summed E-state index contributed by atoms with van der Waals surface area (Å²) in [7, 11) is 0. The molecule has 6 nitrogen and oxygen atoms in total. The molecule has 0 fully saturated rings. The minimum Gasteiger partial charge on any atom is -0.397 e. The lowest BCUT2D eigenvalue weighted by Gasteiger charge is -2.27. The molecule has 0 saturated carbocycles. The highest BCUT2D eigenvalue weighted by atomic mass is 16.3. The van der Waals surface area contributed by atoms with Crippen LogP contribution in [0.4, 0.5) is 11.4 Å². The number of rotatable bonds is 8. The molecule has 2 aromatic heterocycles. The van der Waals surface area contributed by atoms with Gasteiger partial charge in [0.2, 0.25) is 0 Å². The van der Waals surface area contributed by atoms with Crippen molar-refractivity contribution in [3.8, 4) is 0 Å². The molecule has 6 heteroatoms. The Labute approximate surface area is 161 Å². The molecule has 2 heterocycles. The van der Waals surface area contributed by atoms with Crippen LogP contribution in [0.15, 0.2) is 24.4 Å². The van der Waals surface area contributed by atoms with Crippen molar-refractivity contribution in [3.05, 3.63) is 47.0 Å². The number of aliphatic hydroxyl groups is 2. The van der Waals surface area contributed by atoms with Crippen LogP contribution in [0, 0.1) is 0 Å². The van der Waals surface area contributed by atoms with Crippen molar-refractivity contribution >= 4 is 11.4 Å². The molecule has 0 atom stereocenters. The standard InChI is InChI=1S/C21H32N4O2/c1-5-20(26,6-2)18-17(23)12-14(13-24-18)11-15-9-10-16(22)19(25-15)21(27,7-3)8-4/h9-10,12-13,26-27H,5-8,11,22-23H2,1-4H3. The zero-order chi connectivity index (χ0) is 20.2. The van der Waals surface area contributed by atoms with E-state index in [-0.39, 0.29) is 0 Å². The van der Waals surface area contributed by atoms with Crippen LogP contribution >= 0.6 is 0 Å². The number of nitrogens with two attached hydrogens (primary N) is 2. The topological polar surface area (TPSA) is 118 Å². The molecule has 0 bridgehead atoms. The molecule has 0 saturated heterocycles. The fourth-order valence-electron chi connectivity index (χ4n) is 3.37. The van der Waals surface area contributed by atoms with Gasteiger partial charge in [-0.25, -0.2) is 0 Å². The second kappa shape index (κ2) is 8.23. The molecular formula is C21H32N4O2. The van der Waals surface area contributed by atoms with Gasteiger partial charge >= 0.3 is 0 Å². The van der Waals surface area contributed by atoms with Gasteiger partial charge in [-0.05, 0) is 49.4 Å². The summed E-state index contributed by atoms with van der Waals surface area (Å²) in [5, 5.41) is 21.5. The Kier molecular flexibility index (Phi) is 6.44. The molecule has 0 aromatic carbocycles. The maximum Gasteiger partial charge on any atom is 0.108 e. The normalized spacial score (nSPS) is 12.4. The highest BCUT2D eigenvalue weighted by Crippen LogP contribution is 2.33. The number of hydrogen-bond acceptors (Lipinski definition) is 6. The van der Waals surface area contributed by atoms with Crippen molar-refractivity contribution in [1.29, 1.82) is 0 Å². The predicted molar refractivity (Wildman–Crippen MR) is 109 cm³/mol. The second-order valence-electron chi connectivity index (χ2n) is 7.18. The Bertz CT molecular complexity index is 784. The van der Waals surface area contributed by atoms with E-state index in [1.54, 1.807) is 12.3 Å². The third-order valence-electron chi connectivity index (χ3n) is 5.56. The van der Waals surface area contributed by atoms with E-state index in [4.69, 9.17) is 11.5 Å². The minimum atomic E-state index is -1.03. The van der Waals surface area contributed by atoms with Crippen molar-refractivity contribution in [2.24, 2.45) is 0 Å². The molecule has 0 aliphatic rings. The largest absolute Gasteiger partial charge is 0.397 e. The van der Waals surface area contributed by atoms with E-state index in [9.17, 15) is 10.2 Å². The molecule has 0 spiro atoms. The molecule has 27 heavy (non-hydrogen) atoms. The number of nitrogens with zero attached hydrogens (tertiary/aromatic N) is 2. The summed E-state index contributed by atoms with van der Waals surface area (Å²) in [5.74, 6) is 0. The first-order chi connectivity index (χ1) is 12.7. The Hall–Kier alpha value is -2.18. The van der Waals surface area contributed by atoms with Gasteiger partial charge in [0.15, 0.2) is 0 Å². The van der Waals surface area contributed by atoms with Gasteiger partial charge in [0.25, 0.3) is 0 Å². The fraction of sp³-hybridized carbons (Fsp3) is 0.524. The molecule has 0 amide bonds. The SMILES string of the molecule is CCC(O)(CC)c1ncc(Cc2ccc(N)c(C(O)(CC)CC)n2)cc1N. The number of nitrogen functional groups attached to an aromatic ring is 2. The number of hydrogen-bond donors (Lipinski definition) is 4. The number of aromatic nitrogens is 2. The zero-order valence-electron chi connectivity index (χ0n) is 16.8. The number of pyridine rings is 2. The van der Waals surface area contributed by atoms with Gasteiger partial charge in [-0.1, -0.05) is 27.7 Å². The van der Waals surface area contributed by atoms with Crippen LogP contribution in [0.25, 0.3) is 0 Å². The Morgan fingerprint density at radius 3 is 1.93 bits per heavy atom. The molecular weight excluding hydrogens is 340 g/mol. The summed E-state index contributed by atoms with van der Waals surface area (Å²) in [6.07, 6.45) is 4.43. The van der Waals surface area contributed by atoms with E-state index in [0.717, 1.165) is 11.3 Å². The van der Waals surface area contributed by atoms with Crippen molar-refractivity contribution in [1.82, 2.24) is 9.97 Å². The maximum absolute atomic E-state index is 10.8. The summed E-state index contributed by atoms with van der Waals surface area (Å²) >= 11 is 0. The lowest BCUT2D eigenvalue weighted by molar-refractivity contribution is 0.0243. The van der Waals surface area contributed by atoms with Gasteiger partial charge < -0.3 is 21.7 Å². The zero-order valence-corrected chi connectivity index (χ0v) is 16.8. The summed E-state index contributed by atoms with van der Waals surface area (Å²) < 4.78 is 0. The van der Waals surface area contributed by atoms with E-state index in [2.05, 4.69) is 9.97 Å². The molecule has 0 unspecified atom stereocenters. The molecule has 2 rings (SSSR count). The van der Waals surface area contributed by atoms with Gasteiger partial charge in [0, 0.05) is 18.3 Å². The average molecular weight is 373 g/mol. The quantitative estimate of drug-likeness (QED) is 0.565. The van der Waals surface area contributed by atoms with Crippen LogP contribution in [-0.2, 0) is 17.6 Å². The molecule has 2 aromatic rings. The van der Waals surface area contributed by atoms with E-state index in [1.807, 2.05) is 39.8 Å². The highest BCUT2D eigenvalue weighted by molar-refractivity contribution is 5.49. The lowest BCUT2D eigenvalue weighted by atomic mass is 9.90. The molecule has 148 valence electrons. The highest BCUT2D eigenvalue weighted by Gasteiger charge is 2.30. The van der Waals surface area contributed by atoms with Crippen molar-refractivity contribution < 1.29 is 10.2 Å². The van der Waals surface area contributed by atoms with Gasteiger partial charge in [-0.3, -0.25) is 9.97 Å². The smallest absolute Gasteiger partial charge is 0.108 e. The van der Waals surface area contributed by atoms with Gasteiger partial charge in [-0.15, -0.1) is 0 Å². The Morgan fingerprint density at radius 1 is 0.852 bits per heavy atom. The first-order valence-corrected chi connectivity index (χ1v) is 9.68. The van der Waals surface area contributed by atoms with Crippen LogP contribution in [0.3, 0.4) is 0 Å². The van der Waals surface area contributed by atoms with Crippen molar-refractivity contribution in [2.45, 2.75) is 71.0 Å². The summed E-state index contributed by atoms with van der Waals surface area (Å²) in [5.41, 5.74) is 13.9.